The molecule has 0 bridgehead atoms. The second kappa shape index (κ2) is 9.20. The number of aromatic nitrogens is 1. The Hall–Kier alpha value is -2.59. The Balaban J connectivity index is 0.00000163. The molecule has 0 fully saturated rings. The molecule has 0 spiro atoms. The maximum Gasteiger partial charge on any atom is 0.0506 e. The van der Waals surface area contributed by atoms with Gasteiger partial charge in [0.1, 0.15) is 0 Å². The molecular formula is C25H31N. The van der Waals surface area contributed by atoms with Gasteiger partial charge < -0.3 is 0 Å². The van der Waals surface area contributed by atoms with Gasteiger partial charge in [0, 0.05) is 17.0 Å². The molecule has 1 nitrogen and oxygen atoms in total. The number of hydrogen-bond acceptors (Lipinski definition) is 1. The first-order valence-corrected chi connectivity index (χ1v) is 8.99. The Morgan fingerprint density at radius 1 is 0.923 bits per heavy atom. The lowest BCUT2D eigenvalue weighted by molar-refractivity contribution is 0.598. The van der Waals surface area contributed by atoms with Crippen LogP contribution in [0.15, 0.2) is 72.5 Å². The van der Waals surface area contributed by atoms with E-state index in [1.165, 1.54) is 16.7 Å². The summed E-state index contributed by atoms with van der Waals surface area (Å²) in [4.78, 5) is 4.69. The molecule has 0 aliphatic carbocycles. The van der Waals surface area contributed by atoms with E-state index < -0.39 is 0 Å². The van der Waals surface area contributed by atoms with Gasteiger partial charge >= 0.3 is 0 Å². The fraction of sp³-hybridized carbons (Fsp3) is 0.320. The zero-order chi connectivity index (χ0) is 19.8. The maximum absolute atomic E-state index is 4.69. The van der Waals surface area contributed by atoms with Gasteiger partial charge in [-0.1, -0.05) is 76.3 Å². The van der Waals surface area contributed by atoms with Crippen molar-refractivity contribution in [3.05, 3.63) is 89.3 Å². The third-order valence-corrected chi connectivity index (χ3v) is 5.00. The van der Waals surface area contributed by atoms with E-state index in [4.69, 9.17) is 4.98 Å². The van der Waals surface area contributed by atoms with Crippen molar-refractivity contribution in [3.63, 3.8) is 0 Å². The van der Waals surface area contributed by atoms with Gasteiger partial charge in [-0.25, -0.2) is 0 Å². The normalized spacial score (nSPS) is 12.5. The molecule has 0 saturated carbocycles. The molecular weight excluding hydrogens is 314 g/mol. The number of benzene rings is 1. The van der Waals surface area contributed by atoms with E-state index in [1.807, 2.05) is 6.20 Å². The Morgan fingerprint density at radius 2 is 1.54 bits per heavy atom. The van der Waals surface area contributed by atoms with Gasteiger partial charge in [0.05, 0.1) is 5.69 Å². The van der Waals surface area contributed by atoms with Gasteiger partial charge in [0.15, 0.2) is 0 Å². The molecule has 1 heteroatoms. The van der Waals surface area contributed by atoms with Crippen LogP contribution >= 0.6 is 0 Å². The van der Waals surface area contributed by atoms with Crippen molar-refractivity contribution in [2.75, 3.05) is 0 Å². The standard InChI is InChI=1S/C23H29N.C2H2/c1-7-12-18(8-2)22(3,4)20-15-16-24-21(17-20)23(5,6)19-13-10-9-11-14-19;1-2/h7-17H,1-6H3;1-2H/b12-7-,18-8+;. The second-order valence-corrected chi connectivity index (χ2v) is 7.29. The number of allylic oxidation sites excluding steroid dienone is 4. The molecule has 26 heavy (non-hydrogen) atoms. The van der Waals surface area contributed by atoms with Crippen LogP contribution in [0.2, 0.25) is 0 Å². The Morgan fingerprint density at radius 3 is 2.08 bits per heavy atom. The Bertz CT molecular complexity index is 774. The molecule has 1 aromatic carbocycles. The third-order valence-electron chi connectivity index (χ3n) is 5.00. The highest BCUT2D eigenvalue weighted by atomic mass is 14.7. The summed E-state index contributed by atoms with van der Waals surface area (Å²) in [6.07, 6.45) is 16.4. The zero-order valence-electron chi connectivity index (χ0n) is 17.0. The van der Waals surface area contributed by atoms with Crippen molar-refractivity contribution in [1.29, 1.82) is 0 Å². The zero-order valence-corrected chi connectivity index (χ0v) is 17.0. The summed E-state index contributed by atoms with van der Waals surface area (Å²) in [5.41, 5.74) is 4.83. The monoisotopic (exact) mass is 345 g/mol. The lowest BCUT2D eigenvalue weighted by Crippen LogP contribution is -2.24. The topological polar surface area (TPSA) is 12.9 Å². The predicted molar refractivity (Wildman–Crippen MR) is 114 cm³/mol. The smallest absolute Gasteiger partial charge is 0.0506 e. The number of terminal acetylenes is 1. The summed E-state index contributed by atoms with van der Waals surface area (Å²) in [7, 11) is 0. The molecule has 2 rings (SSSR count). The highest BCUT2D eigenvalue weighted by Crippen LogP contribution is 2.36. The van der Waals surface area contributed by atoms with Crippen LogP contribution < -0.4 is 0 Å². The SMILES string of the molecule is C#C.C/C=C\C(=C/C)C(C)(C)c1ccnc(C(C)(C)c2ccccc2)c1. The van der Waals surface area contributed by atoms with Crippen molar-refractivity contribution < 1.29 is 0 Å². The minimum atomic E-state index is -0.121. The van der Waals surface area contributed by atoms with Crippen molar-refractivity contribution >= 4 is 0 Å². The van der Waals surface area contributed by atoms with Crippen LogP contribution in [0.1, 0.15) is 58.4 Å². The summed E-state index contributed by atoms with van der Waals surface area (Å²) in [5, 5.41) is 0. The summed E-state index contributed by atoms with van der Waals surface area (Å²) >= 11 is 0. The molecule has 0 radical (unpaired) electrons. The number of hydrogen-bond donors (Lipinski definition) is 0. The van der Waals surface area contributed by atoms with Crippen LogP contribution in [0.5, 0.6) is 0 Å². The van der Waals surface area contributed by atoms with Gasteiger partial charge in [-0.15, -0.1) is 12.8 Å². The van der Waals surface area contributed by atoms with Crippen LogP contribution in [0.4, 0.5) is 0 Å². The van der Waals surface area contributed by atoms with Crippen molar-refractivity contribution in [1.82, 2.24) is 4.98 Å². The average molecular weight is 346 g/mol. The van der Waals surface area contributed by atoms with Gasteiger partial charge in [0.2, 0.25) is 0 Å². The average Bonchev–Trinajstić information content (AvgIpc) is 2.68. The number of nitrogens with zero attached hydrogens (tertiary/aromatic N) is 1. The minimum absolute atomic E-state index is 0.0499. The first-order chi connectivity index (χ1) is 12.3. The molecule has 0 saturated heterocycles. The van der Waals surface area contributed by atoms with Gasteiger partial charge in [-0.05, 0) is 42.7 Å². The molecule has 136 valence electrons. The van der Waals surface area contributed by atoms with E-state index in [9.17, 15) is 0 Å². The lowest BCUT2D eigenvalue weighted by Gasteiger charge is -2.30. The molecule has 2 aromatic rings. The lowest BCUT2D eigenvalue weighted by atomic mass is 9.75. The van der Waals surface area contributed by atoms with Crippen molar-refractivity contribution in [2.24, 2.45) is 0 Å². The quantitative estimate of drug-likeness (QED) is 0.448. The predicted octanol–water partition coefficient (Wildman–Crippen LogP) is 6.46. The first kappa shape index (κ1) is 21.5. The van der Waals surface area contributed by atoms with E-state index in [-0.39, 0.29) is 10.8 Å². The fourth-order valence-electron chi connectivity index (χ4n) is 3.18. The third kappa shape index (κ3) is 4.52. The molecule has 0 aliphatic rings. The van der Waals surface area contributed by atoms with Gasteiger partial charge in [-0.2, -0.15) is 0 Å². The molecule has 0 aliphatic heterocycles. The fourth-order valence-corrected chi connectivity index (χ4v) is 3.18. The second-order valence-electron chi connectivity index (χ2n) is 7.29. The summed E-state index contributed by atoms with van der Waals surface area (Å²) in [5.74, 6) is 0. The highest BCUT2D eigenvalue weighted by Gasteiger charge is 2.28. The van der Waals surface area contributed by atoms with Crippen LogP contribution in [0.3, 0.4) is 0 Å². The molecule has 0 N–H and O–H groups in total. The Labute approximate surface area is 159 Å². The first-order valence-electron chi connectivity index (χ1n) is 8.99. The van der Waals surface area contributed by atoms with Crippen molar-refractivity contribution in [3.8, 4) is 12.8 Å². The van der Waals surface area contributed by atoms with E-state index >= 15 is 0 Å². The minimum Gasteiger partial charge on any atom is -0.260 e. The van der Waals surface area contributed by atoms with Gasteiger partial charge in [0.25, 0.3) is 0 Å². The largest absolute Gasteiger partial charge is 0.260 e. The Kier molecular flexibility index (Phi) is 7.59. The maximum atomic E-state index is 4.69. The van der Waals surface area contributed by atoms with Crippen LogP contribution in [-0.4, -0.2) is 4.98 Å². The van der Waals surface area contributed by atoms with E-state index in [0.29, 0.717) is 0 Å². The molecule has 0 atom stereocenters. The number of rotatable bonds is 5. The van der Waals surface area contributed by atoms with Crippen LogP contribution in [0.25, 0.3) is 0 Å². The highest BCUT2D eigenvalue weighted by molar-refractivity contribution is 5.42. The molecule has 0 unspecified atom stereocenters. The van der Waals surface area contributed by atoms with E-state index in [1.54, 1.807) is 0 Å². The molecule has 1 aromatic heterocycles. The van der Waals surface area contributed by atoms with Crippen molar-refractivity contribution in [2.45, 2.75) is 52.4 Å². The summed E-state index contributed by atoms with van der Waals surface area (Å²) in [6, 6.07) is 15.0. The number of pyridine rings is 1. The van der Waals surface area contributed by atoms with E-state index in [0.717, 1.165) is 5.69 Å². The van der Waals surface area contributed by atoms with Crippen LogP contribution in [0, 0.1) is 12.8 Å². The van der Waals surface area contributed by atoms with E-state index in [2.05, 4.69) is 115 Å². The van der Waals surface area contributed by atoms with Gasteiger partial charge in [-0.3, -0.25) is 4.98 Å². The van der Waals surface area contributed by atoms with Crippen LogP contribution in [-0.2, 0) is 10.8 Å². The molecule has 1 heterocycles. The summed E-state index contributed by atoms with van der Waals surface area (Å²) < 4.78 is 0. The molecule has 0 amide bonds. The summed E-state index contributed by atoms with van der Waals surface area (Å²) in [6.45, 7) is 13.2.